The minimum Gasteiger partial charge on any atom is -0.396 e. The average molecular weight is 374 g/mol. The van der Waals surface area contributed by atoms with Crippen LogP contribution in [0, 0.1) is 0 Å². The summed E-state index contributed by atoms with van der Waals surface area (Å²) in [6, 6.07) is 9.11. The summed E-state index contributed by atoms with van der Waals surface area (Å²) in [6.07, 6.45) is 1.00. The molecule has 6 nitrogen and oxygen atoms in total. The van der Waals surface area contributed by atoms with E-state index in [0.29, 0.717) is 5.69 Å². The number of sulfonamides is 1. The van der Waals surface area contributed by atoms with Crippen molar-refractivity contribution in [1.82, 2.24) is 0 Å². The van der Waals surface area contributed by atoms with Gasteiger partial charge in [-0.05, 0) is 24.3 Å². The molecule has 0 aromatic heterocycles. The van der Waals surface area contributed by atoms with Gasteiger partial charge in [-0.15, -0.1) is 0 Å². The molecule has 0 saturated heterocycles. The number of para-hydroxylation sites is 1. The number of nitrogen functional groups attached to an aromatic ring is 1. The maximum Gasteiger partial charge on any atom is 0.257 e. The fourth-order valence-corrected chi connectivity index (χ4v) is 2.89. The Hall–Kier alpha value is -1.96. The number of nitrogens with two attached hydrogens (primary N) is 1. The van der Waals surface area contributed by atoms with E-state index in [1.807, 2.05) is 0 Å². The fourth-order valence-electron chi connectivity index (χ4n) is 1.82. The molecule has 0 fully saturated rings. The molecule has 2 aromatic carbocycles. The van der Waals surface area contributed by atoms with Crippen molar-refractivity contribution in [2.24, 2.45) is 0 Å². The quantitative estimate of drug-likeness (QED) is 0.716. The number of anilines is 3. The molecule has 0 radical (unpaired) electrons. The highest BCUT2D eigenvalue weighted by Crippen LogP contribution is 2.31. The van der Waals surface area contributed by atoms with Crippen LogP contribution >= 0.6 is 23.2 Å². The molecule has 0 unspecified atom stereocenters. The van der Waals surface area contributed by atoms with E-state index in [-0.39, 0.29) is 27.0 Å². The van der Waals surface area contributed by atoms with Gasteiger partial charge in [-0.2, -0.15) is 0 Å². The van der Waals surface area contributed by atoms with Crippen LogP contribution in [0.4, 0.5) is 17.1 Å². The van der Waals surface area contributed by atoms with Crippen LogP contribution in [0.3, 0.4) is 0 Å². The van der Waals surface area contributed by atoms with E-state index in [1.54, 1.807) is 12.1 Å². The molecule has 0 heterocycles. The van der Waals surface area contributed by atoms with E-state index in [0.717, 1.165) is 6.26 Å². The highest BCUT2D eigenvalue weighted by molar-refractivity contribution is 7.92. The third-order valence-corrected chi connectivity index (χ3v) is 4.02. The molecule has 9 heteroatoms. The lowest BCUT2D eigenvalue weighted by Crippen LogP contribution is -2.17. The first-order valence-corrected chi connectivity index (χ1v) is 8.95. The molecule has 4 N–H and O–H groups in total. The third-order valence-electron chi connectivity index (χ3n) is 2.80. The van der Waals surface area contributed by atoms with Gasteiger partial charge in [0.2, 0.25) is 10.0 Å². The van der Waals surface area contributed by atoms with E-state index >= 15 is 0 Å². The molecule has 0 bridgehead atoms. The zero-order valence-corrected chi connectivity index (χ0v) is 14.3. The van der Waals surface area contributed by atoms with Gasteiger partial charge in [0.25, 0.3) is 5.91 Å². The minimum atomic E-state index is -3.51. The Labute approximate surface area is 143 Å². The lowest BCUT2D eigenvalue weighted by atomic mass is 10.1. The van der Waals surface area contributed by atoms with Crippen molar-refractivity contribution < 1.29 is 13.2 Å². The van der Waals surface area contributed by atoms with Crippen molar-refractivity contribution in [3.8, 4) is 0 Å². The van der Waals surface area contributed by atoms with Crippen LogP contribution in [0.25, 0.3) is 0 Å². The molecule has 0 spiro atoms. The number of nitrogens with one attached hydrogen (secondary N) is 2. The Morgan fingerprint density at radius 1 is 1.13 bits per heavy atom. The first-order chi connectivity index (χ1) is 10.7. The number of carbonyl (C=O) groups excluding carboxylic acids is 1. The monoisotopic (exact) mass is 373 g/mol. The number of halogens is 2. The number of benzene rings is 2. The fraction of sp³-hybridized carbons (Fsp3) is 0.0714. The molecule has 122 valence electrons. The summed E-state index contributed by atoms with van der Waals surface area (Å²) in [4.78, 5) is 12.4. The van der Waals surface area contributed by atoms with Crippen molar-refractivity contribution in [3.05, 3.63) is 52.0 Å². The average Bonchev–Trinajstić information content (AvgIpc) is 2.43. The number of hydrogen-bond donors (Lipinski definition) is 3. The Bertz CT molecular complexity index is 846. The van der Waals surface area contributed by atoms with Gasteiger partial charge in [-0.1, -0.05) is 35.3 Å². The first kappa shape index (κ1) is 17.4. The summed E-state index contributed by atoms with van der Waals surface area (Å²) in [6.45, 7) is 0. The van der Waals surface area contributed by atoms with Crippen LogP contribution in [-0.2, 0) is 10.0 Å². The van der Waals surface area contributed by atoms with Crippen LogP contribution < -0.4 is 15.8 Å². The molecule has 0 aliphatic rings. The van der Waals surface area contributed by atoms with Gasteiger partial charge in [-0.25, -0.2) is 8.42 Å². The molecular formula is C14H13Cl2N3O3S. The van der Waals surface area contributed by atoms with Gasteiger partial charge >= 0.3 is 0 Å². The predicted octanol–water partition coefficient (Wildman–Crippen LogP) is 3.20. The molecule has 0 atom stereocenters. The highest BCUT2D eigenvalue weighted by Gasteiger charge is 2.15. The standard InChI is InChI=1S/C14H13Cl2N3O3S/c1-23(21,22)19-12-5-3-2-4-9(12)14(20)18-8-6-10(15)13(17)11(16)7-8/h2-7,19H,17H2,1H3,(H,18,20). The molecule has 1 amide bonds. The smallest absolute Gasteiger partial charge is 0.257 e. The van der Waals surface area contributed by atoms with E-state index < -0.39 is 15.9 Å². The summed E-state index contributed by atoms with van der Waals surface area (Å²) >= 11 is 11.8. The van der Waals surface area contributed by atoms with E-state index in [1.165, 1.54) is 24.3 Å². The van der Waals surface area contributed by atoms with Gasteiger partial charge in [-0.3, -0.25) is 9.52 Å². The number of carbonyl (C=O) groups is 1. The summed E-state index contributed by atoms with van der Waals surface area (Å²) in [5.74, 6) is -0.520. The Morgan fingerprint density at radius 3 is 2.26 bits per heavy atom. The number of rotatable bonds is 4. The van der Waals surface area contributed by atoms with Gasteiger partial charge in [0.15, 0.2) is 0 Å². The van der Waals surface area contributed by atoms with Gasteiger partial charge < -0.3 is 11.1 Å². The van der Waals surface area contributed by atoms with Crippen LogP contribution in [0.5, 0.6) is 0 Å². The predicted molar refractivity (Wildman–Crippen MR) is 93.7 cm³/mol. The van der Waals surface area contributed by atoms with Gasteiger partial charge in [0.1, 0.15) is 0 Å². The van der Waals surface area contributed by atoms with E-state index in [9.17, 15) is 13.2 Å². The normalized spacial score (nSPS) is 11.1. The largest absolute Gasteiger partial charge is 0.396 e. The summed E-state index contributed by atoms with van der Waals surface area (Å²) in [7, 11) is -3.51. The maximum absolute atomic E-state index is 12.4. The highest BCUT2D eigenvalue weighted by atomic mass is 35.5. The second-order valence-electron chi connectivity index (χ2n) is 4.73. The maximum atomic E-state index is 12.4. The topological polar surface area (TPSA) is 101 Å². The van der Waals surface area contributed by atoms with Crippen molar-refractivity contribution in [2.45, 2.75) is 0 Å². The number of amides is 1. The molecule has 0 aliphatic heterocycles. The second kappa shape index (κ2) is 6.66. The lowest BCUT2D eigenvalue weighted by molar-refractivity contribution is 0.102. The zero-order valence-electron chi connectivity index (χ0n) is 11.9. The molecule has 0 aliphatic carbocycles. The molecule has 2 aromatic rings. The Balaban J connectivity index is 2.32. The molecule has 0 saturated carbocycles. The van der Waals surface area contributed by atoms with E-state index in [2.05, 4.69) is 10.0 Å². The van der Waals surface area contributed by atoms with E-state index in [4.69, 9.17) is 28.9 Å². The van der Waals surface area contributed by atoms with Gasteiger partial charge in [0.05, 0.1) is 33.2 Å². The Kier molecular flexibility index (Phi) is 5.03. The van der Waals surface area contributed by atoms with Gasteiger partial charge in [0, 0.05) is 5.69 Å². The lowest BCUT2D eigenvalue weighted by Gasteiger charge is -2.12. The number of hydrogen-bond acceptors (Lipinski definition) is 4. The van der Waals surface area contributed by atoms with Crippen LogP contribution in [0.1, 0.15) is 10.4 Å². The van der Waals surface area contributed by atoms with Crippen molar-refractivity contribution in [2.75, 3.05) is 22.0 Å². The van der Waals surface area contributed by atoms with Crippen molar-refractivity contribution in [1.29, 1.82) is 0 Å². The SMILES string of the molecule is CS(=O)(=O)Nc1ccccc1C(=O)Nc1cc(Cl)c(N)c(Cl)c1. The van der Waals surface area contributed by atoms with Crippen molar-refractivity contribution >= 4 is 56.2 Å². The summed E-state index contributed by atoms with van der Waals surface area (Å²) in [5, 5.41) is 3.00. The second-order valence-corrected chi connectivity index (χ2v) is 7.29. The molecule has 23 heavy (non-hydrogen) atoms. The molecule has 2 rings (SSSR count). The third kappa shape index (κ3) is 4.51. The van der Waals surface area contributed by atoms with Crippen LogP contribution in [0.15, 0.2) is 36.4 Å². The van der Waals surface area contributed by atoms with Crippen LogP contribution in [-0.4, -0.2) is 20.6 Å². The first-order valence-electron chi connectivity index (χ1n) is 6.30. The summed E-state index contributed by atoms with van der Waals surface area (Å²) < 4.78 is 25.0. The molecular weight excluding hydrogens is 361 g/mol. The van der Waals surface area contributed by atoms with Crippen molar-refractivity contribution in [3.63, 3.8) is 0 Å². The van der Waals surface area contributed by atoms with Crippen LogP contribution in [0.2, 0.25) is 10.0 Å². The summed E-state index contributed by atoms with van der Waals surface area (Å²) in [5.41, 5.74) is 6.51. The zero-order chi connectivity index (χ0) is 17.2. The minimum absolute atomic E-state index is 0.155. The Morgan fingerprint density at radius 2 is 1.70 bits per heavy atom.